The zero-order valence-electron chi connectivity index (χ0n) is 4.80. The number of nitrogens with two attached hydrogens (primary N) is 1. The third-order valence-corrected chi connectivity index (χ3v) is 1.50. The van der Waals surface area contributed by atoms with Gasteiger partial charge in [0.25, 0.3) is 0 Å². The number of β-amino-alcohol motifs (C(OH)–C–C–N with tert-alkyl or cyclic N) is 1. The van der Waals surface area contributed by atoms with Crippen LogP contribution in [0.15, 0.2) is 0 Å². The average molecular weight is 116 g/mol. The summed E-state index contributed by atoms with van der Waals surface area (Å²) in [6.45, 7) is 1.60. The Kier molecular flexibility index (Phi) is 1.83. The fraction of sp³-hybridized carbons (Fsp3) is 1.00. The molecule has 0 bridgehead atoms. The van der Waals surface area contributed by atoms with Crippen molar-refractivity contribution in [3.8, 4) is 0 Å². The van der Waals surface area contributed by atoms with Crippen LogP contribution >= 0.6 is 0 Å². The molecule has 2 unspecified atom stereocenters. The zero-order chi connectivity index (χ0) is 5.98. The normalized spacial score (nSPS) is 39.8. The van der Waals surface area contributed by atoms with Crippen molar-refractivity contribution >= 4 is 0 Å². The highest BCUT2D eigenvalue weighted by Gasteiger charge is 2.17. The second-order valence-electron chi connectivity index (χ2n) is 2.22. The minimum Gasteiger partial charge on any atom is -0.390 e. The minimum absolute atomic E-state index is 0.00347. The molecule has 1 heterocycles. The summed E-state index contributed by atoms with van der Waals surface area (Å²) in [5.41, 5.74) is 5.49. The largest absolute Gasteiger partial charge is 0.390 e. The van der Waals surface area contributed by atoms with Crippen LogP contribution in [0.3, 0.4) is 0 Å². The van der Waals surface area contributed by atoms with Crippen molar-refractivity contribution < 1.29 is 5.11 Å². The van der Waals surface area contributed by atoms with Gasteiger partial charge in [-0.15, -0.1) is 0 Å². The van der Waals surface area contributed by atoms with E-state index in [0.717, 1.165) is 13.0 Å². The Morgan fingerprint density at radius 3 is 2.75 bits per heavy atom. The number of hydrogen-bond donors (Lipinski definition) is 3. The Morgan fingerprint density at radius 1 is 1.62 bits per heavy atom. The lowest BCUT2D eigenvalue weighted by molar-refractivity contribution is 0.120. The van der Waals surface area contributed by atoms with Crippen molar-refractivity contribution in [2.24, 2.45) is 5.73 Å². The van der Waals surface area contributed by atoms with Gasteiger partial charge in [-0.05, 0) is 13.0 Å². The number of aliphatic hydroxyl groups is 1. The van der Waals surface area contributed by atoms with Gasteiger partial charge < -0.3 is 16.2 Å². The van der Waals surface area contributed by atoms with Crippen molar-refractivity contribution in [3.63, 3.8) is 0 Å². The van der Waals surface area contributed by atoms with Crippen molar-refractivity contribution in [2.75, 3.05) is 13.1 Å². The van der Waals surface area contributed by atoms with E-state index < -0.39 is 0 Å². The highest BCUT2D eigenvalue weighted by Crippen LogP contribution is 1.98. The Bertz CT molecular complexity index is 66.8. The lowest BCUT2D eigenvalue weighted by Crippen LogP contribution is -2.48. The molecule has 0 aromatic rings. The highest BCUT2D eigenvalue weighted by atomic mass is 16.3. The van der Waals surface area contributed by atoms with Gasteiger partial charge in [0.05, 0.1) is 6.10 Å². The molecule has 1 aliphatic rings. The molecule has 0 amide bonds. The summed E-state index contributed by atoms with van der Waals surface area (Å²) >= 11 is 0. The van der Waals surface area contributed by atoms with E-state index >= 15 is 0 Å². The molecule has 8 heavy (non-hydrogen) atoms. The molecule has 0 aromatic heterocycles. The molecule has 0 spiro atoms. The molecule has 0 radical (unpaired) electrons. The van der Waals surface area contributed by atoms with Crippen LogP contribution in [0.1, 0.15) is 6.42 Å². The van der Waals surface area contributed by atoms with Gasteiger partial charge in [0.2, 0.25) is 0 Å². The van der Waals surface area contributed by atoms with Crippen molar-refractivity contribution in [1.29, 1.82) is 0 Å². The summed E-state index contributed by atoms with van der Waals surface area (Å²) in [5.74, 6) is 0. The van der Waals surface area contributed by atoms with Gasteiger partial charge in [-0.25, -0.2) is 0 Å². The maximum Gasteiger partial charge on any atom is 0.0815 e. The standard InChI is InChI=1S/C5H12N2O/c6-4-1-2-7-3-5(4)8/h4-5,7-8H,1-3,6H2. The zero-order valence-corrected chi connectivity index (χ0v) is 4.80. The lowest BCUT2D eigenvalue weighted by Gasteiger charge is -2.24. The molecule has 0 aliphatic carbocycles. The molecular weight excluding hydrogens is 104 g/mol. The maximum absolute atomic E-state index is 8.99. The van der Waals surface area contributed by atoms with E-state index in [9.17, 15) is 0 Å². The van der Waals surface area contributed by atoms with E-state index in [1.807, 2.05) is 0 Å². The van der Waals surface area contributed by atoms with E-state index in [1.165, 1.54) is 0 Å². The number of nitrogens with one attached hydrogen (secondary N) is 1. The molecule has 3 heteroatoms. The smallest absolute Gasteiger partial charge is 0.0815 e. The molecule has 1 fully saturated rings. The van der Waals surface area contributed by atoms with Crippen LogP contribution in [0.2, 0.25) is 0 Å². The molecule has 48 valence electrons. The number of piperidine rings is 1. The summed E-state index contributed by atoms with van der Waals surface area (Å²) in [5, 5.41) is 12.0. The number of hydrogen-bond acceptors (Lipinski definition) is 3. The van der Waals surface area contributed by atoms with Gasteiger partial charge in [-0.2, -0.15) is 0 Å². The van der Waals surface area contributed by atoms with Gasteiger partial charge in [0, 0.05) is 12.6 Å². The van der Waals surface area contributed by atoms with Gasteiger partial charge >= 0.3 is 0 Å². The van der Waals surface area contributed by atoms with Crippen molar-refractivity contribution in [1.82, 2.24) is 5.32 Å². The second kappa shape index (κ2) is 2.44. The van der Waals surface area contributed by atoms with Crippen LogP contribution in [0.5, 0.6) is 0 Å². The van der Waals surface area contributed by atoms with Crippen LogP contribution in [-0.4, -0.2) is 30.3 Å². The maximum atomic E-state index is 8.99. The molecule has 3 nitrogen and oxygen atoms in total. The quantitative estimate of drug-likeness (QED) is 0.367. The van der Waals surface area contributed by atoms with E-state index in [2.05, 4.69) is 5.32 Å². The third-order valence-electron chi connectivity index (χ3n) is 1.50. The molecule has 4 N–H and O–H groups in total. The fourth-order valence-corrected chi connectivity index (χ4v) is 0.862. The predicted molar refractivity (Wildman–Crippen MR) is 31.5 cm³/mol. The molecule has 2 atom stereocenters. The molecule has 1 aliphatic heterocycles. The van der Waals surface area contributed by atoms with Gasteiger partial charge in [0.15, 0.2) is 0 Å². The monoisotopic (exact) mass is 116 g/mol. The van der Waals surface area contributed by atoms with Crippen LogP contribution in [-0.2, 0) is 0 Å². The minimum atomic E-state index is -0.330. The molecule has 0 saturated carbocycles. The van der Waals surface area contributed by atoms with Crippen LogP contribution in [0, 0.1) is 0 Å². The first-order valence-electron chi connectivity index (χ1n) is 2.95. The first-order valence-corrected chi connectivity index (χ1v) is 2.95. The molecule has 1 rings (SSSR count). The van der Waals surface area contributed by atoms with Crippen LogP contribution < -0.4 is 11.1 Å². The van der Waals surface area contributed by atoms with Crippen LogP contribution in [0.25, 0.3) is 0 Å². The molecule has 0 aromatic carbocycles. The summed E-state index contributed by atoms with van der Waals surface area (Å²) in [6, 6.07) is -0.00347. The number of aliphatic hydroxyl groups excluding tert-OH is 1. The van der Waals surface area contributed by atoms with Gasteiger partial charge in [-0.3, -0.25) is 0 Å². The third kappa shape index (κ3) is 1.18. The fourth-order valence-electron chi connectivity index (χ4n) is 0.862. The molecular formula is C5H12N2O. The summed E-state index contributed by atoms with van der Waals surface area (Å²) < 4.78 is 0. The van der Waals surface area contributed by atoms with Gasteiger partial charge in [-0.1, -0.05) is 0 Å². The van der Waals surface area contributed by atoms with E-state index in [1.54, 1.807) is 0 Å². The first kappa shape index (κ1) is 6.01. The lowest BCUT2D eigenvalue weighted by atomic mass is 10.1. The van der Waals surface area contributed by atoms with Crippen molar-refractivity contribution in [2.45, 2.75) is 18.6 Å². The second-order valence-corrected chi connectivity index (χ2v) is 2.22. The van der Waals surface area contributed by atoms with E-state index in [4.69, 9.17) is 10.8 Å². The molecule has 1 saturated heterocycles. The summed E-state index contributed by atoms with van der Waals surface area (Å²) in [4.78, 5) is 0. The van der Waals surface area contributed by atoms with Crippen LogP contribution in [0.4, 0.5) is 0 Å². The predicted octanol–water partition coefficient (Wildman–Crippen LogP) is -1.33. The highest BCUT2D eigenvalue weighted by molar-refractivity contribution is 4.79. The SMILES string of the molecule is NC1CCNCC1O. The van der Waals surface area contributed by atoms with Gasteiger partial charge in [0.1, 0.15) is 0 Å². The Labute approximate surface area is 48.9 Å². The first-order chi connectivity index (χ1) is 3.80. The van der Waals surface area contributed by atoms with E-state index in [-0.39, 0.29) is 12.1 Å². The Hall–Kier alpha value is -0.120. The van der Waals surface area contributed by atoms with Crippen molar-refractivity contribution in [3.05, 3.63) is 0 Å². The average Bonchev–Trinajstić information content (AvgIpc) is 1.77. The Balaban J connectivity index is 2.28. The summed E-state index contributed by atoms with van der Waals surface area (Å²) in [6.07, 6.45) is 0.560. The topological polar surface area (TPSA) is 58.3 Å². The Morgan fingerprint density at radius 2 is 2.38 bits per heavy atom. The van der Waals surface area contributed by atoms with E-state index in [0.29, 0.717) is 6.54 Å². The summed E-state index contributed by atoms with van der Waals surface area (Å²) in [7, 11) is 0. The number of rotatable bonds is 0.